The van der Waals surface area contributed by atoms with Crippen molar-refractivity contribution in [3.63, 3.8) is 0 Å². The van der Waals surface area contributed by atoms with Crippen LogP contribution < -0.4 is 11.3 Å². The summed E-state index contributed by atoms with van der Waals surface area (Å²) in [6.45, 7) is 2.84. The second-order valence-electron chi connectivity index (χ2n) is 4.00. The summed E-state index contributed by atoms with van der Waals surface area (Å²) in [4.78, 5) is 4.09. The molecule has 86 valence electrons. The summed E-state index contributed by atoms with van der Waals surface area (Å²) < 4.78 is 5.35. The molecule has 1 aliphatic heterocycles. The van der Waals surface area contributed by atoms with Gasteiger partial charge in [-0.25, -0.2) is 5.43 Å². The number of nitrogens with two attached hydrogens (primary N) is 1. The van der Waals surface area contributed by atoms with E-state index >= 15 is 0 Å². The Hall–Kier alpha value is -1.39. The minimum Gasteiger partial charge on any atom is -0.501 e. The number of hydrogen-bond donors (Lipinski definition) is 2. The van der Waals surface area contributed by atoms with Crippen LogP contribution in [0.25, 0.3) is 0 Å². The van der Waals surface area contributed by atoms with Crippen molar-refractivity contribution in [1.29, 1.82) is 0 Å². The fourth-order valence-corrected chi connectivity index (χ4v) is 2.00. The number of pyridine rings is 1. The highest BCUT2D eigenvalue weighted by molar-refractivity contribution is 5.32. The smallest absolute Gasteiger partial charge is 0.0876 e. The number of aryl methyl sites for hydroxylation is 1. The fraction of sp³-hybridized carbons (Fsp3) is 0.417. The van der Waals surface area contributed by atoms with Crippen LogP contribution in [0.1, 0.15) is 30.0 Å². The quantitative estimate of drug-likeness (QED) is 0.598. The zero-order valence-electron chi connectivity index (χ0n) is 9.44. The molecule has 3 N–H and O–H groups in total. The monoisotopic (exact) mass is 219 g/mol. The summed E-state index contributed by atoms with van der Waals surface area (Å²) in [5, 5.41) is 0. The Morgan fingerprint density at radius 1 is 1.56 bits per heavy atom. The molecular formula is C12H17N3O. The van der Waals surface area contributed by atoms with Crippen molar-refractivity contribution in [3.05, 3.63) is 41.4 Å². The number of hydrogen-bond acceptors (Lipinski definition) is 4. The van der Waals surface area contributed by atoms with Gasteiger partial charge in [0.15, 0.2) is 0 Å². The molecule has 0 bridgehead atoms. The van der Waals surface area contributed by atoms with Crippen molar-refractivity contribution < 1.29 is 4.74 Å². The van der Waals surface area contributed by atoms with Gasteiger partial charge in [0.05, 0.1) is 18.9 Å². The number of hydrazine groups is 1. The van der Waals surface area contributed by atoms with Gasteiger partial charge < -0.3 is 4.74 Å². The van der Waals surface area contributed by atoms with E-state index in [0.29, 0.717) is 0 Å². The lowest BCUT2D eigenvalue weighted by Gasteiger charge is -2.23. The Balaban J connectivity index is 2.28. The topological polar surface area (TPSA) is 60.2 Å². The predicted octanol–water partition coefficient (Wildman–Crippen LogP) is 1.59. The summed E-state index contributed by atoms with van der Waals surface area (Å²) in [5.74, 6) is 5.64. The van der Waals surface area contributed by atoms with E-state index in [2.05, 4.69) is 10.4 Å². The lowest BCUT2D eigenvalue weighted by atomic mass is 9.94. The Kier molecular flexibility index (Phi) is 3.54. The number of rotatable bonds is 3. The van der Waals surface area contributed by atoms with Crippen molar-refractivity contribution in [3.8, 4) is 0 Å². The SMILES string of the molecule is Cc1cnccc1C(NN)C1=COCCC1. The van der Waals surface area contributed by atoms with E-state index in [1.54, 1.807) is 6.20 Å². The second kappa shape index (κ2) is 5.09. The van der Waals surface area contributed by atoms with E-state index in [1.807, 2.05) is 25.4 Å². The predicted molar refractivity (Wildman–Crippen MR) is 62.3 cm³/mol. The molecule has 0 spiro atoms. The van der Waals surface area contributed by atoms with E-state index in [-0.39, 0.29) is 6.04 Å². The Labute approximate surface area is 95.5 Å². The maximum absolute atomic E-state index is 5.64. The van der Waals surface area contributed by atoms with Gasteiger partial charge in [-0.15, -0.1) is 0 Å². The number of nitrogens with one attached hydrogen (secondary N) is 1. The van der Waals surface area contributed by atoms with Crippen LogP contribution in [0.2, 0.25) is 0 Å². The van der Waals surface area contributed by atoms with E-state index in [9.17, 15) is 0 Å². The normalized spacial score (nSPS) is 17.5. The molecule has 1 aromatic rings. The van der Waals surface area contributed by atoms with Crippen molar-refractivity contribution in [2.45, 2.75) is 25.8 Å². The molecule has 0 saturated carbocycles. The van der Waals surface area contributed by atoms with Crippen molar-refractivity contribution in [2.24, 2.45) is 5.84 Å². The van der Waals surface area contributed by atoms with Crippen molar-refractivity contribution in [1.82, 2.24) is 10.4 Å². The van der Waals surface area contributed by atoms with Crippen LogP contribution in [0, 0.1) is 6.92 Å². The van der Waals surface area contributed by atoms with Gasteiger partial charge in [0, 0.05) is 12.4 Å². The Morgan fingerprint density at radius 3 is 3.06 bits per heavy atom. The van der Waals surface area contributed by atoms with Crippen LogP contribution in [-0.2, 0) is 4.74 Å². The first-order valence-corrected chi connectivity index (χ1v) is 5.50. The van der Waals surface area contributed by atoms with Gasteiger partial charge in [0.2, 0.25) is 0 Å². The average molecular weight is 219 g/mol. The third-order valence-electron chi connectivity index (χ3n) is 2.87. The minimum absolute atomic E-state index is 0.0308. The van der Waals surface area contributed by atoms with Crippen LogP contribution >= 0.6 is 0 Å². The molecule has 0 aromatic carbocycles. The molecule has 1 atom stereocenters. The molecule has 2 heterocycles. The maximum atomic E-state index is 5.64. The van der Waals surface area contributed by atoms with Crippen LogP contribution in [-0.4, -0.2) is 11.6 Å². The molecule has 4 nitrogen and oxygen atoms in total. The molecular weight excluding hydrogens is 202 g/mol. The van der Waals surface area contributed by atoms with Crippen LogP contribution in [0.3, 0.4) is 0 Å². The number of ether oxygens (including phenoxy) is 1. The number of nitrogens with zero attached hydrogens (tertiary/aromatic N) is 1. The largest absolute Gasteiger partial charge is 0.501 e. The first kappa shape index (κ1) is 11.1. The third-order valence-corrected chi connectivity index (χ3v) is 2.87. The first-order chi connectivity index (χ1) is 7.83. The molecule has 0 aliphatic carbocycles. The zero-order valence-corrected chi connectivity index (χ0v) is 9.44. The van der Waals surface area contributed by atoms with Gasteiger partial charge in [0.25, 0.3) is 0 Å². The van der Waals surface area contributed by atoms with E-state index < -0.39 is 0 Å². The lowest BCUT2D eigenvalue weighted by Crippen LogP contribution is -2.30. The number of aromatic nitrogens is 1. The average Bonchev–Trinajstić information content (AvgIpc) is 2.34. The van der Waals surface area contributed by atoms with Crippen molar-refractivity contribution >= 4 is 0 Å². The summed E-state index contributed by atoms with van der Waals surface area (Å²) >= 11 is 0. The van der Waals surface area contributed by atoms with E-state index in [4.69, 9.17) is 10.6 Å². The highest BCUT2D eigenvalue weighted by Gasteiger charge is 2.19. The van der Waals surface area contributed by atoms with Gasteiger partial charge >= 0.3 is 0 Å². The van der Waals surface area contributed by atoms with Crippen molar-refractivity contribution in [2.75, 3.05) is 6.61 Å². The van der Waals surface area contributed by atoms with Crippen LogP contribution in [0.4, 0.5) is 0 Å². The lowest BCUT2D eigenvalue weighted by molar-refractivity contribution is 0.219. The molecule has 2 rings (SSSR count). The third kappa shape index (κ3) is 2.23. The molecule has 0 radical (unpaired) electrons. The summed E-state index contributed by atoms with van der Waals surface area (Å²) in [5.41, 5.74) is 6.35. The maximum Gasteiger partial charge on any atom is 0.0876 e. The van der Waals surface area contributed by atoms with Gasteiger partial charge in [-0.05, 0) is 42.5 Å². The zero-order chi connectivity index (χ0) is 11.4. The second-order valence-corrected chi connectivity index (χ2v) is 4.00. The molecule has 1 unspecified atom stereocenters. The highest BCUT2D eigenvalue weighted by atomic mass is 16.5. The van der Waals surface area contributed by atoms with Gasteiger partial charge in [0.1, 0.15) is 0 Å². The highest BCUT2D eigenvalue weighted by Crippen LogP contribution is 2.28. The summed E-state index contributed by atoms with van der Waals surface area (Å²) in [6.07, 6.45) is 7.54. The van der Waals surface area contributed by atoms with Gasteiger partial charge in [-0.3, -0.25) is 10.8 Å². The standard InChI is InChI=1S/C12H17N3O/c1-9-7-14-5-4-11(9)12(15-13)10-3-2-6-16-8-10/h4-5,7-8,12,15H,2-3,6,13H2,1H3. The van der Waals surface area contributed by atoms with Crippen LogP contribution in [0.15, 0.2) is 30.3 Å². The molecule has 4 heteroatoms. The Bertz CT molecular complexity index is 390. The minimum atomic E-state index is 0.0308. The molecule has 16 heavy (non-hydrogen) atoms. The molecule has 0 saturated heterocycles. The summed E-state index contributed by atoms with van der Waals surface area (Å²) in [7, 11) is 0. The van der Waals surface area contributed by atoms with E-state index in [1.165, 1.54) is 5.57 Å². The summed E-state index contributed by atoms with van der Waals surface area (Å²) in [6, 6.07) is 2.03. The van der Waals surface area contributed by atoms with E-state index in [0.717, 1.165) is 30.6 Å². The Morgan fingerprint density at radius 2 is 2.44 bits per heavy atom. The molecule has 0 fully saturated rings. The molecule has 1 aromatic heterocycles. The van der Waals surface area contributed by atoms with Gasteiger partial charge in [-0.2, -0.15) is 0 Å². The van der Waals surface area contributed by atoms with Crippen LogP contribution in [0.5, 0.6) is 0 Å². The van der Waals surface area contributed by atoms with Gasteiger partial charge in [-0.1, -0.05) is 0 Å². The molecule has 0 amide bonds. The fourth-order valence-electron chi connectivity index (χ4n) is 2.00. The first-order valence-electron chi connectivity index (χ1n) is 5.50. The molecule has 1 aliphatic rings.